The lowest BCUT2D eigenvalue weighted by Gasteiger charge is -2.33. The fourth-order valence-electron chi connectivity index (χ4n) is 2.41. The van der Waals surface area contributed by atoms with Crippen molar-refractivity contribution in [2.24, 2.45) is 11.8 Å². The van der Waals surface area contributed by atoms with E-state index in [0.29, 0.717) is 5.92 Å². The van der Waals surface area contributed by atoms with Gasteiger partial charge in [0.05, 0.1) is 27.2 Å². The van der Waals surface area contributed by atoms with Gasteiger partial charge < -0.3 is 28.5 Å². The lowest BCUT2D eigenvalue weighted by Crippen LogP contribution is -3.00. The van der Waals surface area contributed by atoms with E-state index < -0.39 is 0 Å². The van der Waals surface area contributed by atoms with Gasteiger partial charge in [-0.2, -0.15) is 0 Å². The standard InChI is InChI=1S/C11H18N.HI/c1-12(2)8-10-4-3-5-11(9-12)7-6-10;/h3-4,6-7,10-11H,5,8-9H2,1-2H3;1H/q+1;/p-1. The van der Waals surface area contributed by atoms with Crippen molar-refractivity contribution in [3.63, 3.8) is 0 Å². The van der Waals surface area contributed by atoms with Gasteiger partial charge in [0.25, 0.3) is 0 Å². The number of quaternary nitrogens is 1. The van der Waals surface area contributed by atoms with Crippen LogP contribution < -0.4 is 24.0 Å². The Hall–Kier alpha value is 0.170. The number of halogens is 1. The molecule has 0 spiro atoms. The molecule has 2 rings (SSSR count). The summed E-state index contributed by atoms with van der Waals surface area (Å²) in [5.41, 5.74) is 0. The van der Waals surface area contributed by atoms with Crippen LogP contribution in [-0.2, 0) is 0 Å². The third kappa shape index (κ3) is 2.81. The van der Waals surface area contributed by atoms with Crippen molar-refractivity contribution in [3.05, 3.63) is 24.3 Å². The molecule has 0 saturated heterocycles. The molecule has 1 aliphatic carbocycles. The highest BCUT2D eigenvalue weighted by Gasteiger charge is 2.27. The van der Waals surface area contributed by atoms with Crippen LogP contribution in [0.3, 0.4) is 0 Å². The lowest BCUT2D eigenvalue weighted by molar-refractivity contribution is -0.894. The summed E-state index contributed by atoms with van der Waals surface area (Å²) in [4.78, 5) is 0. The molecule has 2 atom stereocenters. The predicted octanol–water partition coefficient (Wildman–Crippen LogP) is -1.17. The first-order valence-electron chi connectivity index (χ1n) is 4.83. The van der Waals surface area contributed by atoms with Gasteiger partial charge >= 0.3 is 0 Å². The molecule has 0 amide bonds. The van der Waals surface area contributed by atoms with Crippen molar-refractivity contribution in [2.45, 2.75) is 6.42 Å². The molecule has 2 aliphatic rings. The molecule has 0 radical (unpaired) electrons. The van der Waals surface area contributed by atoms with Gasteiger partial charge in [-0.1, -0.05) is 24.3 Å². The van der Waals surface area contributed by atoms with Gasteiger partial charge in [0.1, 0.15) is 0 Å². The third-order valence-corrected chi connectivity index (χ3v) is 2.89. The van der Waals surface area contributed by atoms with Gasteiger partial charge in [-0.3, -0.25) is 0 Å². The molecule has 1 nitrogen and oxygen atoms in total. The smallest absolute Gasteiger partial charge is 0.0881 e. The van der Waals surface area contributed by atoms with Crippen LogP contribution >= 0.6 is 0 Å². The van der Waals surface area contributed by atoms with E-state index in [1.807, 2.05) is 0 Å². The van der Waals surface area contributed by atoms with Gasteiger partial charge in [0.15, 0.2) is 0 Å². The molecule has 0 fully saturated rings. The number of allylic oxidation sites excluding steroid dienone is 1. The molecule has 0 saturated carbocycles. The minimum Gasteiger partial charge on any atom is -1.00 e. The summed E-state index contributed by atoms with van der Waals surface area (Å²) in [5.74, 6) is 1.47. The first kappa shape index (κ1) is 11.2. The summed E-state index contributed by atoms with van der Waals surface area (Å²) in [6.45, 7) is 2.57. The fourth-order valence-corrected chi connectivity index (χ4v) is 2.41. The van der Waals surface area contributed by atoms with Crippen LogP contribution in [0.5, 0.6) is 0 Å². The monoisotopic (exact) mass is 291 g/mol. The van der Waals surface area contributed by atoms with Crippen LogP contribution in [0, 0.1) is 11.8 Å². The third-order valence-electron chi connectivity index (χ3n) is 2.89. The second kappa shape index (κ2) is 4.13. The zero-order valence-corrected chi connectivity index (χ0v) is 10.6. The SMILES string of the molecule is C[N+]1(C)CC2C=CCC(C=C2)C1.[I-]. The molecule has 2 bridgehead atoms. The maximum Gasteiger partial charge on any atom is 0.0881 e. The maximum absolute atomic E-state index is 2.41. The van der Waals surface area contributed by atoms with E-state index in [2.05, 4.69) is 38.4 Å². The Morgan fingerprint density at radius 3 is 2.62 bits per heavy atom. The van der Waals surface area contributed by atoms with Crippen molar-refractivity contribution in [1.82, 2.24) is 0 Å². The summed E-state index contributed by atoms with van der Waals surface area (Å²) in [5, 5.41) is 0. The Morgan fingerprint density at radius 1 is 1.08 bits per heavy atom. The van der Waals surface area contributed by atoms with Gasteiger partial charge in [-0.05, 0) is 6.42 Å². The predicted molar refractivity (Wildman–Crippen MR) is 51.7 cm³/mol. The second-order valence-electron chi connectivity index (χ2n) is 4.77. The average molecular weight is 291 g/mol. The highest BCUT2D eigenvalue weighted by Crippen LogP contribution is 2.24. The highest BCUT2D eigenvalue weighted by molar-refractivity contribution is 5.09. The van der Waals surface area contributed by atoms with Crippen LogP contribution in [0.2, 0.25) is 0 Å². The van der Waals surface area contributed by atoms with Crippen molar-refractivity contribution in [3.8, 4) is 0 Å². The topological polar surface area (TPSA) is 0 Å². The number of rotatable bonds is 0. The van der Waals surface area contributed by atoms with Crippen LogP contribution in [0.15, 0.2) is 24.3 Å². The van der Waals surface area contributed by atoms with E-state index in [-0.39, 0.29) is 24.0 Å². The molecule has 2 heteroatoms. The van der Waals surface area contributed by atoms with Crippen molar-refractivity contribution in [1.29, 1.82) is 0 Å². The molecule has 1 aliphatic heterocycles. The summed E-state index contributed by atoms with van der Waals surface area (Å²) < 4.78 is 1.17. The zero-order valence-electron chi connectivity index (χ0n) is 8.41. The van der Waals surface area contributed by atoms with Crippen molar-refractivity contribution < 1.29 is 28.5 Å². The summed E-state index contributed by atoms with van der Waals surface area (Å²) >= 11 is 0. The molecule has 2 unspecified atom stereocenters. The number of hydrogen-bond acceptors (Lipinski definition) is 0. The van der Waals surface area contributed by atoms with E-state index >= 15 is 0 Å². The Morgan fingerprint density at radius 2 is 1.85 bits per heavy atom. The van der Waals surface area contributed by atoms with Gasteiger partial charge in [-0.15, -0.1) is 0 Å². The number of hydrogen-bond donors (Lipinski definition) is 0. The fraction of sp³-hybridized carbons (Fsp3) is 0.636. The van der Waals surface area contributed by atoms with Crippen LogP contribution in [0.4, 0.5) is 0 Å². The molecule has 0 aromatic heterocycles. The first-order chi connectivity index (χ1) is 5.66. The highest BCUT2D eigenvalue weighted by atomic mass is 127. The molecule has 0 aromatic carbocycles. The van der Waals surface area contributed by atoms with E-state index in [1.54, 1.807) is 0 Å². The minimum atomic E-state index is 0. The Balaban J connectivity index is 0.000000845. The van der Waals surface area contributed by atoms with Gasteiger partial charge in [-0.25, -0.2) is 0 Å². The molecule has 1 heterocycles. The van der Waals surface area contributed by atoms with Crippen LogP contribution in [0.25, 0.3) is 0 Å². The van der Waals surface area contributed by atoms with Crippen LogP contribution in [0.1, 0.15) is 6.42 Å². The molecule has 0 N–H and O–H groups in total. The first-order valence-corrected chi connectivity index (χ1v) is 4.83. The summed E-state index contributed by atoms with van der Waals surface area (Å²) in [6, 6.07) is 0. The van der Waals surface area contributed by atoms with Crippen LogP contribution in [-0.4, -0.2) is 31.7 Å². The Bertz CT molecular complexity index is 230. The van der Waals surface area contributed by atoms with E-state index in [4.69, 9.17) is 0 Å². The molecule has 13 heavy (non-hydrogen) atoms. The Kier molecular flexibility index (Phi) is 3.57. The molecular formula is C11H18IN. The zero-order chi connectivity index (χ0) is 8.60. The van der Waals surface area contributed by atoms with E-state index in [9.17, 15) is 0 Å². The van der Waals surface area contributed by atoms with Crippen molar-refractivity contribution in [2.75, 3.05) is 27.2 Å². The van der Waals surface area contributed by atoms with E-state index in [1.165, 1.54) is 24.0 Å². The van der Waals surface area contributed by atoms with Gasteiger partial charge in [0.2, 0.25) is 0 Å². The largest absolute Gasteiger partial charge is 1.00 e. The van der Waals surface area contributed by atoms with Gasteiger partial charge in [0, 0.05) is 11.8 Å². The summed E-state index contributed by atoms with van der Waals surface area (Å²) in [6.07, 6.45) is 10.8. The minimum absolute atomic E-state index is 0. The second-order valence-corrected chi connectivity index (χ2v) is 4.77. The number of nitrogens with zero attached hydrogens (tertiary/aromatic N) is 1. The Labute approximate surface area is 98.1 Å². The number of fused-ring (bicyclic) bond motifs is 2. The molecule has 0 aromatic rings. The maximum atomic E-state index is 2.41. The average Bonchev–Trinajstić information content (AvgIpc) is 2.17. The quantitative estimate of drug-likeness (QED) is 0.300. The normalized spacial score (nSPS) is 34.9. The molecule has 74 valence electrons. The lowest BCUT2D eigenvalue weighted by atomic mass is 10.0. The van der Waals surface area contributed by atoms with E-state index in [0.717, 1.165) is 5.92 Å². The summed E-state index contributed by atoms with van der Waals surface area (Å²) in [7, 11) is 4.68. The molecular weight excluding hydrogens is 273 g/mol. The van der Waals surface area contributed by atoms with Crippen molar-refractivity contribution >= 4 is 0 Å².